The predicted molar refractivity (Wildman–Crippen MR) is 95.6 cm³/mol. The van der Waals surface area contributed by atoms with Gasteiger partial charge in [-0.15, -0.1) is 0 Å². The van der Waals surface area contributed by atoms with Crippen LogP contribution < -0.4 is 0 Å². The van der Waals surface area contributed by atoms with Crippen molar-refractivity contribution in [3.63, 3.8) is 0 Å². The maximum Gasteiger partial charge on any atom is 0.272 e. The third kappa shape index (κ3) is 3.34. The van der Waals surface area contributed by atoms with Crippen molar-refractivity contribution in [3.8, 4) is 0 Å². The summed E-state index contributed by atoms with van der Waals surface area (Å²) in [7, 11) is 0. The molecule has 26 heavy (non-hydrogen) atoms. The van der Waals surface area contributed by atoms with Crippen LogP contribution in [-0.2, 0) is 16.1 Å². The number of aryl methyl sites for hydroxylation is 1. The van der Waals surface area contributed by atoms with Crippen LogP contribution in [0.25, 0.3) is 0 Å². The number of nitrogens with zero attached hydrogens (tertiary/aromatic N) is 3. The van der Waals surface area contributed by atoms with Crippen molar-refractivity contribution in [1.29, 1.82) is 0 Å². The molecule has 1 spiro atoms. The largest absolute Gasteiger partial charge is 0.376 e. The van der Waals surface area contributed by atoms with E-state index in [1.807, 2.05) is 36.1 Å². The molecule has 2 aromatic rings. The van der Waals surface area contributed by atoms with E-state index in [4.69, 9.17) is 9.47 Å². The van der Waals surface area contributed by atoms with E-state index in [1.165, 1.54) is 0 Å². The number of carbonyl (C=O) groups is 1. The van der Waals surface area contributed by atoms with Crippen LogP contribution >= 0.6 is 0 Å². The first kappa shape index (κ1) is 17.1. The highest BCUT2D eigenvalue weighted by atomic mass is 16.5. The van der Waals surface area contributed by atoms with Gasteiger partial charge >= 0.3 is 0 Å². The van der Waals surface area contributed by atoms with Crippen molar-refractivity contribution in [2.24, 2.45) is 5.92 Å². The first-order valence-electron chi connectivity index (χ1n) is 9.00. The van der Waals surface area contributed by atoms with Gasteiger partial charge in [-0.3, -0.25) is 9.78 Å². The molecule has 6 heteroatoms. The van der Waals surface area contributed by atoms with E-state index in [0.717, 1.165) is 24.3 Å². The molecular formula is C20H23N3O3. The summed E-state index contributed by atoms with van der Waals surface area (Å²) in [4.78, 5) is 22.8. The smallest absolute Gasteiger partial charge is 0.272 e. The topological polar surface area (TPSA) is 64.6 Å². The molecule has 2 aliphatic rings. The fourth-order valence-electron chi connectivity index (χ4n) is 3.74. The molecule has 1 amide bonds. The number of ether oxygens (including phenoxy) is 2. The number of carbonyl (C=O) groups excluding carboxylic acids is 1. The zero-order valence-corrected chi connectivity index (χ0v) is 14.9. The fraction of sp³-hybridized carbons (Fsp3) is 0.450. The molecule has 2 fully saturated rings. The summed E-state index contributed by atoms with van der Waals surface area (Å²) in [6.07, 6.45) is 4.52. The first-order chi connectivity index (χ1) is 12.7. The molecule has 2 aromatic heterocycles. The average molecular weight is 353 g/mol. The average Bonchev–Trinajstić information content (AvgIpc) is 3.05. The van der Waals surface area contributed by atoms with Crippen LogP contribution in [-0.4, -0.2) is 52.7 Å². The lowest BCUT2D eigenvalue weighted by Gasteiger charge is -2.50. The van der Waals surface area contributed by atoms with Crippen molar-refractivity contribution >= 4 is 5.91 Å². The lowest BCUT2D eigenvalue weighted by Crippen LogP contribution is -2.66. The number of likely N-dealkylation sites (tertiary alicyclic amines) is 1. The van der Waals surface area contributed by atoms with Crippen molar-refractivity contribution in [3.05, 3.63) is 59.7 Å². The Morgan fingerprint density at radius 2 is 2.12 bits per heavy atom. The molecular weight excluding hydrogens is 330 g/mol. The highest BCUT2D eigenvalue weighted by molar-refractivity contribution is 5.93. The molecule has 0 radical (unpaired) electrons. The Bertz CT molecular complexity index is 775. The number of hydrogen-bond acceptors (Lipinski definition) is 5. The molecule has 0 aliphatic carbocycles. The van der Waals surface area contributed by atoms with Gasteiger partial charge in [-0.1, -0.05) is 6.07 Å². The number of hydrogen-bond donors (Lipinski definition) is 0. The Morgan fingerprint density at radius 1 is 1.31 bits per heavy atom. The Hall–Kier alpha value is -2.31. The van der Waals surface area contributed by atoms with Crippen molar-refractivity contribution in [2.75, 3.05) is 26.3 Å². The molecule has 0 aromatic carbocycles. The molecule has 0 saturated carbocycles. The molecule has 6 nitrogen and oxygen atoms in total. The second kappa shape index (κ2) is 7.13. The van der Waals surface area contributed by atoms with Gasteiger partial charge in [0.2, 0.25) is 0 Å². The molecule has 0 bridgehead atoms. The van der Waals surface area contributed by atoms with Gasteiger partial charge in [-0.05, 0) is 43.2 Å². The minimum absolute atomic E-state index is 0.0220. The summed E-state index contributed by atoms with van der Waals surface area (Å²) in [6, 6.07) is 9.45. The van der Waals surface area contributed by atoms with Crippen molar-refractivity contribution in [1.82, 2.24) is 14.9 Å². The summed E-state index contributed by atoms with van der Waals surface area (Å²) in [5.74, 6) is 0.296. The molecule has 1 atom stereocenters. The highest BCUT2D eigenvalue weighted by Gasteiger charge is 2.54. The fourth-order valence-corrected chi connectivity index (χ4v) is 3.74. The van der Waals surface area contributed by atoms with Crippen LogP contribution in [0.1, 0.15) is 28.2 Å². The molecule has 136 valence electrons. The monoisotopic (exact) mass is 353 g/mol. The second-order valence-corrected chi connectivity index (χ2v) is 7.09. The molecule has 2 aliphatic heterocycles. The standard InChI is InChI=1S/C20H23N3O3/c1-15-3-2-4-18(22-15)19(24)23-13-20(14-23)17(7-10-26-20)12-25-11-16-5-8-21-9-6-16/h2-6,8-9,17H,7,10-14H2,1H3/t17-/m0/s1. The van der Waals surface area contributed by atoms with Crippen LogP contribution in [0, 0.1) is 12.8 Å². The van der Waals surface area contributed by atoms with Crippen LogP contribution in [0.5, 0.6) is 0 Å². The molecule has 0 unspecified atom stereocenters. The van der Waals surface area contributed by atoms with Gasteiger partial charge in [-0.25, -0.2) is 4.98 Å². The van der Waals surface area contributed by atoms with E-state index >= 15 is 0 Å². The maximum absolute atomic E-state index is 12.6. The second-order valence-electron chi connectivity index (χ2n) is 7.09. The lowest BCUT2D eigenvalue weighted by molar-refractivity contribution is -0.129. The van der Waals surface area contributed by atoms with E-state index in [2.05, 4.69) is 9.97 Å². The van der Waals surface area contributed by atoms with E-state index < -0.39 is 0 Å². The highest BCUT2D eigenvalue weighted by Crippen LogP contribution is 2.40. The number of aromatic nitrogens is 2. The SMILES string of the molecule is Cc1cccc(C(=O)N2CC3(C2)OCC[C@H]3COCc2ccncc2)n1. The molecule has 2 saturated heterocycles. The van der Waals surface area contributed by atoms with Gasteiger partial charge in [0.1, 0.15) is 11.3 Å². The van der Waals surface area contributed by atoms with E-state index in [1.54, 1.807) is 18.5 Å². The zero-order valence-electron chi connectivity index (χ0n) is 14.9. The van der Waals surface area contributed by atoms with Crippen LogP contribution in [0.2, 0.25) is 0 Å². The minimum atomic E-state index is -0.252. The maximum atomic E-state index is 12.6. The van der Waals surface area contributed by atoms with Gasteiger partial charge in [0.15, 0.2) is 0 Å². The number of rotatable bonds is 5. The Balaban J connectivity index is 1.32. The molecule has 4 rings (SSSR count). The van der Waals surface area contributed by atoms with E-state index in [-0.39, 0.29) is 11.5 Å². The minimum Gasteiger partial charge on any atom is -0.376 e. The van der Waals surface area contributed by atoms with Crippen LogP contribution in [0.4, 0.5) is 0 Å². The van der Waals surface area contributed by atoms with Crippen molar-refractivity contribution in [2.45, 2.75) is 25.6 Å². The first-order valence-corrected chi connectivity index (χ1v) is 9.00. The third-order valence-electron chi connectivity index (χ3n) is 5.25. The summed E-state index contributed by atoms with van der Waals surface area (Å²) in [5, 5.41) is 0. The quantitative estimate of drug-likeness (QED) is 0.825. The summed E-state index contributed by atoms with van der Waals surface area (Å²) in [6.45, 7) is 5.08. The zero-order chi connectivity index (χ0) is 18.0. The number of pyridine rings is 2. The molecule has 0 N–H and O–H groups in total. The van der Waals surface area contributed by atoms with Crippen LogP contribution in [0.3, 0.4) is 0 Å². The van der Waals surface area contributed by atoms with E-state index in [0.29, 0.717) is 37.9 Å². The van der Waals surface area contributed by atoms with Gasteiger partial charge in [0.25, 0.3) is 5.91 Å². The number of amides is 1. The van der Waals surface area contributed by atoms with E-state index in [9.17, 15) is 4.79 Å². The Labute approximate surface area is 153 Å². The van der Waals surface area contributed by atoms with Crippen molar-refractivity contribution < 1.29 is 14.3 Å². The van der Waals surface area contributed by atoms with Crippen LogP contribution in [0.15, 0.2) is 42.7 Å². The predicted octanol–water partition coefficient (Wildman–Crippen LogP) is 2.23. The van der Waals surface area contributed by atoms with Gasteiger partial charge in [0, 0.05) is 30.6 Å². The summed E-state index contributed by atoms with van der Waals surface area (Å²) in [5.41, 5.74) is 2.22. The Morgan fingerprint density at radius 3 is 2.88 bits per heavy atom. The van der Waals surface area contributed by atoms with Gasteiger partial charge in [0.05, 0.1) is 26.3 Å². The summed E-state index contributed by atoms with van der Waals surface area (Å²) < 4.78 is 11.9. The van der Waals surface area contributed by atoms with Gasteiger partial charge in [-0.2, -0.15) is 0 Å². The summed E-state index contributed by atoms with van der Waals surface area (Å²) >= 11 is 0. The normalized spacial score (nSPS) is 21.0. The molecule has 4 heterocycles. The Kier molecular flexibility index (Phi) is 4.70. The lowest BCUT2D eigenvalue weighted by atomic mass is 9.81. The van der Waals surface area contributed by atoms with Gasteiger partial charge < -0.3 is 14.4 Å². The third-order valence-corrected chi connectivity index (χ3v) is 5.25.